The number of fused-ring (bicyclic) bond motifs is 2. The third-order valence-corrected chi connectivity index (χ3v) is 5.14. The van der Waals surface area contributed by atoms with Crippen molar-refractivity contribution in [3.8, 4) is 22.8 Å². The molecular weight excluding hydrogens is 340 g/mol. The molecule has 1 aliphatic carbocycles. The number of hydrogen-bond acceptors (Lipinski definition) is 4. The molecule has 2 N–H and O–H groups in total. The van der Waals surface area contributed by atoms with Crippen LogP contribution in [-0.4, -0.2) is 24.6 Å². The first-order chi connectivity index (χ1) is 13.2. The van der Waals surface area contributed by atoms with E-state index in [9.17, 15) is 9.90 Å². The minimum Gasteiger partial charge on any atom is -0.508 e. The first-order valence-corrected chi connectivity index (χ1v) is 9.09. The number of aromatic amines is 1. The Labute approximate surface area is 155 Å². The predicted molar refractivity (Wildman–Crippen MR) is 103 cm³/mol. The Hall–Kier alpha value is -3.41. The molecule has 0 saturated heterocycles. The largest absolute Gasteiger partial charge is 0.508 e. The van der Waals surface area contributed by atoms with Crippen LogP contribution in [0.4, 0.5) is 0 Å². The number of phenolic OH excluding ortho intramolecular Hbond substituents is 1. The number of imidazole rings is 1. The highest BCUT2D eigenvalue weighted by Gasteiger charge is 2.19. The zero-order chi connectivity index (χ0) is 18.4. The average molecular weight is 358 g/mol. The fourth-order valence-electron chi connectivity index (χ4n) is 3.88. The van der Waals surface area contributed by atoms with Crippen molar-refractivity contribution in [2.45, 2.75) is 25.7 Å². The Morgan fingerprint density at radius 3 is 2.81 bits per heavy atom. The van der Waals surface area contributed by atoms with Crippen LogP contribution in [0.15, 0.2) is 53.5 Å². The second-order valence-electron chi connectivity index (χ2n) is 6.87. The van der Waals surface area contributed by atoms with Crippen molar-refractivity contribution < 1.29 is 5.11 Å². The number of nitrogens with zero attached hydrogens (tertiary/aromatic N) is 3. The SMILES string of the molecule is O=c1[nH]c2cnc(-c3cccc(O)c3)nc2n1-c1cccc2c1CCCC2. The number of nitrogens with one attached hydrogen (secondary N) is 1. The summed E-state index contributed by atoms with van der Waals surface area (Å²) in [6.45, 7) is 0. The van der Waals surface area contributed by atoms with E-state index in [0.29, 0.717) is 22.6 Å². The van der Waals surface area contributed by atoms with Crippen LogP contribution < -0.4 is 5.69 Å². The normalized spacial score (nSPS) is 13.6. The highest BCUT2D eigenvalue weighted by Crippen LogP contribution is 2.28. The zero-order valence-electron chi connectivity index (χ0n) is 14.6. The van der Waals surface area contributed by atoms with Crippen molar-refractivity contribution >= 4 is 11.2 Å². The molecule has 0 unspecified atom stereocenters. The third kappa shape index (κ3) is 2.61. The average Bonchev–Trinajstić information content (AvgIpc) is 3.02. The summed E-state index contributed by atoms with van der Waals surface area (Å²) in [5.41, 5.74) is 5.05. The molecule has 0 fully saturated rings. The molecule has 0 atom stereocenters. The molecule has 0 amide bonds. The van der Waals surface area contributed by atoms with Gasteiger partial charge in [-0.1, -0.05) is 24.3 Å². The van der Waals surface area contributed by atoms with E-state index in [1.807, 2.05) is 18.2 Å². The lowest BCUT2D eigenvalue weighted by atomic mass is 9.90. The standard InChI is InChI=1S/C21H18N4O2/c26-15-8-3-7-14(11-15)19-22-12-17-20(24-19)25(21(27)23-17)18-10-4-6-13-5-1-2-9-16(13)18/h3-4,6-8,10-12,26H,1-2,5,9H2,(H,23,27). The molecule has 2 heterocycles. The van der Waals surface area contributed by atoms with Gasteiger partial charge in [0.15, 0.2) is 11.5 Å². The molecule has 1 aliphatic rings. The zero-order valence-corrected chi connectivity index (χ0v) is 14.6. The second kappa shape index (κ2) is 6.09. The minimum atomic E-state index is -0.216. The Kier molecular flexibility index (Phi) is 3.57. The minimum absolute atomic E-state index is 0.153. The molecule has 6 heteroatoms. The van der Waals surface area contributed by atoms with Gasteiger partial charge in [0.25, 0.3) is 0 Å². The van der Waals surface area contributed by atoms with Gasteiger partial charge in [0.1, 0.15) is 11.3 Å². The molecule has 2 aromatic heterocycles. The van der Waals surface area contributed by atoms with Crippen molar-refractivity contribution in [3.05, 3.63) is 70.3 Å². The molecule has 0 saturated carbocycles. The first kappa shape index (κ1) is 15.8. The predicted octanol–water partition coefficient (Wildman–Crippen LogP) is 3.36. The van der Waals surface area contributed by atoms with E-state index in [1.165, 1.54) is 17.5 Å². The second-order valence-corrected chi connectivity index (χ2v) is 6.87. The lowest BCUT2D eigenvalue weighted by Crippen LogP contribution is -2.18. The number of H-pyrrole nitrogens is 1. The summed E-state index contributed by atoms with van der Waals surface area (Å²) in [7, 11) is 0. The summed E-state index contributed by atoms with van der Waals surface area (Å²) in [5.74, 6) is 0.621. The van der Waals surface area contributed by atoms with Gasteiger partial charge in [0, 0.05) is 5.56 Å². The van der Waals surface area contributed by atoms with Crippen LogP contribution in [0, 0.1) is 0 Å². The summed E-state index contributed by atoms with van der Waals surface area (Å²) in [6.07, 6.45) is 5.95. The molecule has 0 bridgehead atoms. The summed E-state index contributed by atoms with van der Waals surface area (Å²) >= 11 is 0. The van der Waals surface area contributed by atoms with Crippen LogP contribution in [0.1, 0.15) is 24.0 Å². The Morgan fingerprint density at radius 1 is 1.07 bits per heavy atom. The lowest BCUT2D eigenvalue weighted by molar-refractivity contribution is 0.475. The van der Waals surface area contributed by atoms with Crippen LogP contribution in [0.2, 0.25) is 0 Å². The van der Waals surface area contributed by atoms with E-state index in [-0.39, 0.29) is 11.4 Å². The number of aryl methyl sites for hydroxylation is 1. The number of benzene rings is 2. The summed E-state index contributed by atoms with van der Waals surface area (Å²) < 4.78 is 1.65. The van der Waals surface area contributed by atoms with E-state index < -0.39 is 0 Å². The number of aromatic nitrogens is 4. The highest BCUT2D eigenvalue weighted by molar-refractivity contribution is 5.75. The van der Waals surface area contributed by atoms with E-state index in [0.717, 1.165) is 24.9 Å². The van der Waals surface area contributed by atoms with Crippen molar-refractivity contribution in [3.63, 3.8) is 0 Å². The van der Waals surface area contributed by atoms with Crippen molar-refractivity contribution in [2.75, 3.05) is 0 Å². The third-order valence-electron chi connectivity index (χ3n) is 5.14. The number of phenols is 1. The Balaban J connectivity index is 1.75. The number of hydrogen-bond donors (Lipinski definition) is 2. The van der Waals surface area contributed by atoms with E-state index in [1.54, 1.807) is 29.0 Å². The molecule has 5 rings (SSSR count). The molecular formula is C21H18N4O2. The van der Waals surface area contributed by atoms with Gasteiger partial charge in [-0.2, -0.15) is 0 Å². The number of aromatic hydroxyl groups is 1. The quantitative estimate of drug-likeness (QED) is 0.575. The molecule has 2 aromatic carbocycles. The van der Waals surface area contributed by atoms with Crippen molar-refractivity contribution in [2.24, 2.45) is 0 Å². The maximum absolute atomic E-state index is 12.7. The van der Waals surface area contributed by atoms with Gasteiger partial charge in [0.2, 0.25) is 0 Å². The topological polar surface area (TPSA) is 83.8 Å². The maximum Gasteiger partial charge on any atom is 0.332 e. The van der Waals surface area contributed by atoms with Gasteiger partial charge < -0.3 is 10.1 Å². The van der Waals surface area contributed by atoms with Gasteiger partial charge in [0.05, 0.1) is 11.9 Å². The maximum atomic E-state index is 12.7. The summed E-state index contributed by atoms with van der Waals surface area (Å²) in [5, 5.41) is 9.74. The molecule has 0 aliphatic heterocycles. The monoisotopic (exact) mass is 358 g/mol. The molecule has 27 heavy (non-hydrogen) atoms. The van der Waals surface area contributed by atoms with Crippen LogP contribution in [0.5, 0.6) is 5.75 Å². The fourth-order valence-corrected chi connectivity index (χ4v) is 3.88. The first-order valence-electron chi connectivity index (χ1n) is 9.09. The molecule has 0 spiro atoms. The van der Waals surface area contributed by atoms with Gasteiger partial charge in [-0.25, -0.2) is 19.3 Å². The van der Waals surface area contributed by atoms with Gasteiger partial charge in [-0.3, -0.25) is 0 Å². The van der Waals surface area contributed by atoms with Gasteiger partial charge in [-0.05, 0) is 55.0 Å². The number of rotatable bonds is 2. The molecule has 4 aromatic rings. The summed E-state index contributed by atoms with van der Waals surface area (Å²) in [6, 6.07) is 12.9. The van der Waals surface area contributed by atoms with Gasteiger partial charge >= 0.3 is 5.69 Å². The van der Waals surface area contributed by atoms with Crippen molar-refractivity contribution in [1.82, 2.24) is 19.5 Å². The van der Waals surface area contributed by atoms with Crippen LogP contribution >= 0.6 is 0 Å². The van der Waals surface area contributed by atoms with Crippen molar-refractivity contribution in [1.29, 1.82) is 0 Å². The van der Waals surface area contributed by atoms with Crippen LogP contribution in [-0.2, 0) is 12.8 Å². The highest BCUT2D eigenvalue weighted by atomic mass is 16.3. The van der Waals surface area contributed by atoms with Gasteiger partial charge in [-0.15, -0.1) is 0 Å². The smallest absolute Gasteiger partial charge is 0.332 e. The summed E-state index contributed by atoms with van der Waals surface area (Å²) in [4.78, 5) is 24.6. The van der Waals surface area contributed by atoms with E-state index in [4.69, 9.17) is 0 Å². The lowest BCUT2D eigenvalue weighted by Gasteiger charge is -2.19. The van der Waals surface area contributed by atoms with E-state index in [2.05, 4.69) is 21.0 Å². The van der Waals surface area contributed by atoms with Crippen LogP contribution in [0.25, 0.3) is 28.2 Å². The fraction of sp³-hybridized carbons (Fsp3) is 0.190. The molecule has 6 nitrogen and oxygen atoms in total. The molecule has 0 radical (unpaired) electrons. The molecule has 134 valence electrons. The van der Waals surface area contributed by atoms with Crippen LogP contribution in [0.3, 0.4) is 0 Å². The Morgan fingerprint density at radius 2 is 1.93 bits per heavy atom. The van der Waals surface area contributed by atoms with E-state index >= 15 is 0 Å². The Bertz CT molecular complexity index is 1220.